The molecule has 108 valence electrons. The first-order chi connectivity index (χ1) is 10.3. The van der Waals surface area contributed by atoms with E-state index >= 15 is 0 Å². The lowest BCUT2D eigenvalue weighted by molar-refractivity contribution is 0.263. The van der Waals surface area contributed by atoms with Gasteiger partial charge in [-0.2, -0.15) is 5.26 Å². The minimum Gasteiger partial charge on any atom is -0.490 e. The number of ether oxygens (including phenoxy) is 2. The van der Waals surface area contributed by atoms with E-state index in [4.69, 9.17) is 14.7 Å². The van der Waals surface area contributed by atoms with Crippen LogP contribution in [0, 0.1) is 11.3 Å². The van der Waals surface area contributed by atoms with Crippen LogP contribution < -0.4 is 9.47 Å². The van der Waals surface area contributed by atoms with Crippen molar-refractivity contribution in [3.8, 4) is 17.6 Å². The van der Waals surface area contributed by atoms with Crippen LogP contribution >= 0.6 is 0 Å². The fourth-order valence-electron chi connectivity index (χ4n) is 2.24. The summed E-state index contributed by atoms with van der Waals surface area (Å²) in [5, 5.41) is 8.95. The van der Waals surface area contributed by atoms with Crippen molar-refractivity contribution >= 4 is 0 Å². The van der Waals surface area contributed by atoms with Crippen LogP contribution in [0.15, 0.2) is 30.7 Å². The van der Waals surface area contributed by atoms with Gasteiger partial charge in [0.25, 0.3) is 0 Å². The van der Waals surface area contributed by atoms with Crippen LogP contribution in [0.2, 0.25) is 0 Å². The number of aromatic nitrogens is 2. The molecular formula is C16H17N3O2. The predicted octanol–water partition coefficient (Wildman–Crippen LogP) is 3.07. The molecule has 1 aromatic heterocycles. The molecule has 1 aliphatic carbocycles. The Morgan fingerprint density at radius 3 is 2.90 bits per heavy atom. The molecule has 1 aliphatic rings. The normalized spacial score (nSPS) is 13.7. The van der Waals surface area contributed by atoms with E-state index in [-0.39, 0.29) is 0 Å². The van der Waals surface area contributed by atoms with Gasteiger partial charge in [-0.25, -0.2) is 4.98 Å². The molecule has 1 fully saturated rings. The summed E-state index contributed by atoms with van der Waals surface area (Å²) in [6.45, 7) is 2.89. The molecule has 5 heteroatoms. The SMILES string of the molecule is CCOc1cc(C#N)ccc1OCc1cncn1C1CC1. The Hall–Kier alpha value is -2.48. The van der Waals surface area contributed by atoms with Gasteiger partial charge in [-0.1, -0.05) is 0 Å². The molecule has 5 nitrogen and oxygen atoms in total. The van der Waals surface area contributed by atoms with E-state index in [1.165, 1.54) is 12.8 Å². The highest BCUT2D eigenvalue weighted by atomic mass is 16.5. The van der Waals surface area contributed by atoms with Crippen molar-refractivity contribution in [2.45, 2.75) is 32.4 Å². The Morgan fingerprint density at radius 2 is 2.19 bits per heavy atom. The van der Waals surface area contributed by atoms with Crippen molar-refractivity contribution in [2.75, 3.05) is 6.61 Å². The molecule has 0 radical (unpaired) electrons. The summed E-state index contributed by atoms with van der Waals surface area (Å²) in [6, 6.07) is 7.90. The molecule has 1 saturated carbocycles. The number of imidazole rings is 1. The van der Waals surface area contributed by atoms with Gasteiger partial charge in [-0.15, -0.1) is 0 Å². The zero-order valence-electron chi connectivity index (χ0n) is 12.0. The third kappa shape index (κ3) is 3.00. The number of rotatable bonds is 6. The van der Waals surface area contributed by atoms with Gasteiger partial charge in [0.1, 0.15) is 6.61 Å². The minimum absolute atomic E-state index is 0.447. The standard InChI is InChI=1S/C16H17N3O2/c1-2-20-16-7-12(8-17)3-6-15(16)21-10-14-9-18-11-19(14)13-4-5-13/h3,6-7,9,11,13H,2,4-5,10H2,1H3. The maximum Gasteiger partial charge on any atom is 0.162 e. The van der Waals surface area contributed by atoms with Gasteiger partial charge < -0.3 is 14.0 Å². The van der Waals surface area contributed by atoms with E-state index in [0.29, 0.717) is 36.3 Å². The second kappa shape index (κ2) is 5.88. The molecule has 0 spiro atoms. The van der Waals surface area contributed by atoms with Gasteiger partial charge in [0.05, 0.1) is 36.5 Å². The van der Waals surface area contributed by atoms with Crippen molar-refractivity contribution in [3.63, 3.8) is 0 Å². The minimum atomic E-state index is 0.447. The van der Waals surface area contributed by atoms with Crippen LogP contribution in [-0.4, -0.2) is 16.2 Å². The summed E-state index contributed by atoms with van der Waals surface area (Å²) in [6.07, 6.45) is 6.12. The molecule has 0 unspecified atom stereocenters. The molecule has 2 aromatic rings. The summed E-state index contributed by atoms with van der Waals surface area (Å²) in [5.74, 6) is 1.26. The first kappa shape index (κ1) is 13.5. The van der Waals surface area contributed by atoms with Crippen LogP contribution in [0.25, 0.3) is 0 Å². The monoisotopic (exact) mass is 283 g/mol. The van der Waals surface area contributed by atoms with Gasteiger partial charge in [0.15, 0.2) is 11.5 Å². The third-order valence-electron chi connectivity index (χ3n) is 3.43. The summed E-state index contributed by atoms with van der Waals surface area (Å²) in [4.78, 5) is 4.19. The van der Waals surface area contributed by atoms with E-state index < -0.39 is 0 Å². The summed E-state index contributed by atoms with van der Waals surface area (Å²) < 4.78 is 13.6. The third-order valence-corrected chi connectivity index (χ3v) is 3.43. The Balaban J connectivity index is 1.75. The topological polar surface area (TPSA) is 60.1 Å². The Kier molecular flexibility index (Phi) is 3.78. The summed E-state index contributed by atoms with van der Waals surface area (Å²) >= 11 is 0. The van der Waals surface area contributed by atoms with Crippen LogP contribution in [0.1, 0.15) is 37.1 Å². The highest BCUT2D eigenvalue weighted by Crippen LogP contribution is 2.36. The lowest BCUT2D eigenvalue weighted by atomic mass is 10.2. The zero-order chi connectivity index (χ0) is 14.7. The van der Waals surface area contributed by atoms with Crippen molar-refractivity contribution in [2.24, 2.45) is 0 Å². The van der Waals surface area contributed by atoms with Gasteiger partial charge in [0.2, 0.25) is 0 Å². The number of nitriles is 1. The molecule has 0 aliphatic heterocycles. The Labute approximate surface area is 123 Å². The molecule has 0 N–H and O–H groups in total. The fourth-order valence-corrected chi connectivity index (χ4v) is 2.24. The van der Waals surface area contributed by atoms with Crippen LogP contribution in [0.4, 0.5) is 0 Å². The first-order valence-corrected chi connectivity index (χ1v) is 7.12. The van der Waals surface area contributed by atoms with Crippen LogP contribution in [-0.2, 0) is 6.61 Å². The second-order valence-corrected chi connectivity index (χ2v) is 5.02. The highest BCUT2D eigenvalue weighted by molar-refractivity contribution is 5.46. The maximum absolute atomic E-state index is 8.95. The Bertz CT molecular complexity index is 668. The molecule has 3 rings (SSSR count). The van der Waals surface area contributed by atoms with Gasteiger partial charge in [0, 0.05) is 12.1 Å². The molecule has 21 heavy (non-hydrogen) atoms. The van der Waals surface area contributed by atoms with Crippen molar-refractivity contribution in [3.05, 3.63) is 42.0 Å². The number of nitrogens with zero attached hydrogens (tertiary/aromatic N) is 3. The summed E-state index contributed by atoms with van der Waals surface area (Å²) in [5.41, 5.74) is 1.62. The van der Waals surface area contributed by atoms with Crippen molar-refractivity contribution in [1.82, 2.24) is 9.55 Å². The molecule has 1 heterocycles. The average molecular weight is 283 g/mol. The molecule has 0 atom stereocenters. The molecule has 0 bridgehead atoms. The van der Waals surface area contributed by atoms with E-state index in [0.717, 1.165) is 5.69 Å². The molecular weight excluding hydrogens is 266 g/mol. The van der Waals surface area contributed by atoms with E-state index in [1.54, 1.807) is 18.2 Å². The second-order valence-electron chi connectivity index (χ2n) is 5.02. The fraction of sp³-hybridized carbons (Fsp3) is 0.375. The van der Waals surface area contributed by atoms with Crippen LogP contribution in [0.5, 0.6) is 11.5 Å². The average Bonchev–Trinajstić information content (AvgIpc) is 3.25. The van der Waals surface area contributed by atoms with Gasteiger partial charge in [-0.05, 0) is 31.9 Å². The first-order valence-electron chi connectivity index (χ1n) is 7.12. The lowest BCUT2D eigenvalue weighted by Crippen LogP contribution is -2.05. The van der Waals surface area contributed by atoms with E-state index in [2.05, 4.69) is 15.6 Å². The highest BCUT2D eigenvalue weighted by Gasteiger charge is 2.25. The van der Waals surface area contributed by atoms with Crippen LogP contribution in [0.3, 0.4) is 0 Å². The van der Waals surface area contributed by atoms with Gasteiger partial charge >= 0.3 is 0 Å². The quantitative estimate of drug-likeness (QED) is 0.817. The number of hydrogen-bond donors (Lipinski definition) is 0. The smallest absolute Gasteiger partial charge is 0.162 e. The van der Waals surface area contributed by atoms with E-state index in [1.807, 2.05) is 19.4 Å². The zero-order valence-corrected chi connectivity index (χ0v) is 12.0. The maximum atomic E-state index is 8.95. The molecule has 0 amide bonds. The van der Waals surface area contributed by atoms with Gasteiger partial charge in [-0.3, -0.25) is 0 Å². The molecule has 0 saturated heterocycles. The number of hydrogen-bond acceptors (Lipinski definition) is 4. The van der Waals surface area contributed by atoms with Crippen molar-refractivity contribution in [1.29, 1.82) is 5.26 Å². The lowest BCUT2D eigenvalue weighted by Gasteiger charge is -2.13. The van der Waals surface area contributed by atoms with E-state index in [9.17, 15) is 0 Å². The number of benzene rings is 1. The predicted molar refractivity (Wildman–Crippen MR) is 77.2 cm³/mol. The largest absolute Gasteiger partial charge is 0.490 e. The van der Waals surface area contributed by atoms with Crippen molar-refractivity contribution < 1.29 is 9.47 Å². The Morgan fingerprint density at radius 1 is 1.33 bits per heavy atom. The summed E-state index contributed by atoms with van der Waals surface area (Å²) in [7, 11) is 0. The molecule has 1 aromatic carbocycles.